The minimum Gasteiger partial charge on any atom is -0.504 e. The molecule has 9 heteroatoms. The van der Waals surface area contributed by atoms with Crippen molar-refractivity contribution in [3.63, 3.8) is 0 Å². The Morgan fingerprint density at radius 1 is 1.24 bits per heavy atom. The molecule has 0 aliphatic carbocycles. The summed E-state index contributed by atoms with van der Waals surface area (Å²) in [6.45, 7) is 0. The number of halogens is 1. The highest BCUT2D eigenvalue weighted by Gasteiger charge is 2.19. The molecule has 4 rings (SSSR count). The van der Waals surface area contributed by atoms with Crippen molar-refractivity contribution in [1.29, 1.82) is 5.26 Å². The number of rotatable bonds is 6. The van der Waals surface area contributed by atoms with E-state index in [-0.39, 0.29) is 11.7 Å². The molecule has 0 bridgehead atoms. The fourth-order valence-corrected chi connectivity index (χ4v) is 4.82. The number of ether oxygens (including phenoxy) is 1. The maximum atomic E-state index is 12.8. The number of nitrogens with zero attached hydrogens (tertiary/aromatic N) is 2. The second-order valence-electron chi connectivity index (χ2n) is 6.74. The van der Waals surface area contributed by atoms with Gasteiger partial charge in [-0.15, -0.1) is 11.3 Å². The Bertz CT molecular complexity index is 1370. The van der Waals surface area contributed by atoms with Crippen molar-refractivity contribution < 1.29 is 14.6 Å². The average molecular weight is 494 g/mol. The maximum Gasteiger partial charge on any atom is 0.256 e. The molecule has 0 spiro atoms. The van der Waals surface area contributed by atoms with Gasteiger partial charge in [0.15, 0.2) is 11.5 Å². The second-order valence-corrected chi connectivity index (χ2v) is 9.12. The number of carbonyl (C=O) groups excluding carboxylic acids is 1. The van der Waals surface area contributed by atoms with E-state index in [2.05, 4.69) is 16.4 Å². The van der Waals surface area contributed by atoms with E-state index < -0.39 is 0 Å². The first-order valence-corrected chi connectivity index (χ1v) is 11.7. The molecule has 6 nitrogen and oxygen atoms in total. The lowest BCUT2D eigenvalue weighted by Gasteiger charge is -2.04. The van der Waals surface area contributed by atoms with Crippen LogP contribution in [0.5, 0.6) is 11.5 Å². The first-order valence-electron chi connectivity index (χ1n) is 9.59. The zero-order valence-electron chi connectivity index (χ0n) is 17.2. The predicted molar refractivity (Wildman–Crippen MR) is 133 cm³/mol. The molecule has 0 radical (unpaired) electrons. The SMILES string of the molecule is COc1cc(C=C(C#N)c2nc(-c3cccs3)c(NC(=O)c3ccc(Cl)cc3)s2)ccc1O. The molecule has 0 atom stereocenters. The van der Waals surface area contributed by atoms with E-state index in [9.17, 15) is 15.2 Å². The molecule has 0 saturated carbocycles. The van der Waals surface area contributed by atoms with Gasteiger partial charge in [0.1, 0.15) is 21.8 Å². The molecule has 33 heavy (non-hydrogen) atoms. The molecule has 2 aromatic heterocycles. The smallest absolute Gasteiger partial charge is 0.256 e. The first-order chi connectivity index (χ1) is 16.0. The summed E-state index contributed by atoms with van der Waals surface area (Å²) in [6.07, 6.45) is 1.66. The molecule has 2 aromatic carbocycles. The third-order valence-corrected chi connectivity index (χ3v) is 6.71. The number of hydrogen-bond acceptors (Lipinski definition) is 7. The van der Waals surface area contributed by atoms with Gasteiger partial charge < -0.3 is 15.2 Å². The number of anilines is 1. The van der Waals surface area contributed by atoms with Crippen LogP contribution in [0.3, 0.4) is 0 Å². The van der Waals surface area contributed by atoms with Gasteiger partial charge in [0.2, 0.25) is 0 Å². The summed E-state index contributed by atoms with van der Waals surface area (Å²) in [6, 6.07) is 17.4. The highest BCUT2D eigenvalue weighted by molar-refractivity contribution is 7.19. The first kappa shape index (κ1) is 22.6. The number of allylic oxidation sites excluding steroid dienone is 1. The van der Waals surface area contributed by atoms with Crippen LogP contribution < -0.4 is 10.1 Å². The number of benzene rings is 2. The summed E-state index contributed by atoms with van der Waals surface area (Å²) >= 11 is 8.62. The van der Waals surface area contributed by atoms with Crippen LogP contribution in [-0.4, -0.2) is 23.1 Å². The summed E-state index contributed by atoms with van der Waals surface area (Å²) in [5.74, 6) is 0.00962. The van der Waals surface area contributed by atoms with Gasteiger partial charge in [-0.05, 0) is 59.5 Å². The van der Waals surface area contributed by atoms with Crippen LogP contribution in [0.2, 0.25) is 5.02 Å². The molecule has 164 valence electrons. The van der Waals surface area contributed by atoms with Gasteiger partial charge in [-0.3, -0.25) is 4.79 Å². The van der Waals surface area contributed by atoms with Crippen LogP contribution in [0, 0.1) is 11.3 Å². The number of hydrogen-bond donors (Lipinski definition) is 2. The van der Waals surface area contributed by atoms with E-state index in [4.69, 9.17) is 16.3 Å². The Kier molecular flexibility index (Phi) is 6.75. The number of aromatic hydroxyl groups is 1. The number of carbonyl (C=O) groups is 1. The van der Waals surface area contributed by atoms with Gasteiger partial charge in [-0.1, -0.05) is 35.1 Å². The predicted octanol–water partition coefficient (Wildman–Crippen LogP) is 6.56. The van der Waals surface area contributed by atoms with Gasteiger partial charge in [0, 0.05) is 10.6 Å². The second kappa shape index (κ2) is 9.88. The molecule has 2 N–H and O–H groups in total. The molecule has 4 aromatic rings. The Hall–Kier alpha value is -3.64. The third kappa shape index (κ3) is 5.07. The lowest BCUT2D eigenvalue weighted by atomic mass is 10.1. The minimum atomic E-state index is -0.301. The van der Waals surface area contributed by atoms with Crippen molar-refractivity contribution in [2.24, 2.45) is 0 Å². The standard InChI is InChI=1S/C24H16ClN3O3S2/c1-31-19-12-14(4-9-18(19)29)11-16(13-26)23-27-21(20-3-2-10-32-20)24(33-23)28-22(30)15-5-7-17(25)8-6-15/h2-12,29H,1H3,(H,28,30). The number of methoxy groups -OCH3 is 1. The molecule has 2 heterocycles. The molecule has 0 aliphatic heterocycles. The van der Waals surface area contributed by atoms with E-state index in [0.717, 1.165) is 4.88 Å². The van der Waals surface area contributed by atoms with Crippen molar-refractivity contribution in [2.45, 2.75) is 0 Å². The van der Waals surface area contributed by atoms with Gasteiger partial charge in [-0.2, -0.15) is 5.26 Å². The summed E-state index contributed by atoms with van der Waals surface area (Å²) in [7, 11) is 1.46. The largest absolute Gasteiger partial charge is 0.504 e. The fourth-order valence-electron chi connectivity index (χ4n) is 2.97. The van der Waals surface area contributed by atoms with Crippen molar-refractivity contribution in [3.05, 3.63) is 81.1 Å². The highest BCUT2D eigenvalue weighted by Crippen LogP contribution is 2.39. The van der Waals surface area contributed by atoms with Gasteiger partial charge in [0.25, 0.3) is 5.91 Å². The Balaban J connectivity index is 1.72. The number of nitrogens with one attached hydrogen (secondary N) is 1. The van der Waals surface area contributed by atoms with Crippen molar-refractivity contribution in [1.82, 2.24) is 4.98 Å². The van der Waals surface area contributed by atoms with E-state index in [0.29, 0.717) is 43.2 Å². The molecular weight excluding hydrogens is 478 g/mol. The number of thiazole rings is 1. The summed E-state index contributed by atoms with van der Waals surface area (Å²) in [5.41, 5.74) is 2.04. The quantitative estimate of drug-likeness (QED) is 0.297. The molecule has 1 amide bonds. The Labute approximate surface area is 203 Å². The lowest BCUT2D eigenvalue weighted by Crippen LogP contribution is -2.11. The number of thiophene rings is 1. The van der Waals surface area contributed by atoms with Crippen molar-refractivity contribution in [2.75, 3.05) is 12.4 Å². The highest BCUT2D eigenvalue weighted by atomic mass is 35.5. The Morgan fingerprint density at radius 2 is 2.03 bits per heavy atom. The monoisotopic (exact) mass is 493 g/mol. The zero-order valence-corrected chi connectivity index (χ0v) is 19.6. The van der Waals surface area contributed by atoms with Crippen LogP contribution in [-0.2, 0) is 0 Å². The van der Waals surface area contributed by atoms with E-state index in [1.54, 1.807) is 42.5 Å². The third-order valence-electron chi connectivity index (χ3n) is 4.58. The van der Waals surface area contributed by atoms with E-state index in [1.807, 2.05) is 17.5 Å². The number of aromatic nitrogens is 1. The number of phenolic OH excluding ortho intramolecular Hbond substituents is 1. The topological polar surface area (TPSA) is 95.2 Å². The van der Waals surface area contributed by atoms with Crippen LogP contribution in [0.25, 0.3) is 22.2 Å². The van der Waals surface area contributed by atoms with Crippen LogP contribution >= 0.6 is 34.3 Å². The van der Waals surface area contributed by atoms with Crippen molar-refractivity contribution in [3.8, 4) is 28.1 Å². The minimum absolute atomic E-state index is 0.00888. The number of amides is 1. The summed E-state index contributed by atoms with van der Waals surface area (Å²) in [4.78, 5) is 18.3. The molecule has 0 unspecified atom stereocenters. The van der Waals surface area contributed by atoms with E-state index >= 15 is 0 Å². The fraction of sp³-hybridized carbons (Fsp3) is 0.0417. The number of phenols is 1. The lowest BCUT2D eigenvalue weighted by molar-refractivity contribution is 0.102. The average Bonchev–Trinajstić information content (AvgIpc) is 3.49. The number of nitriles is 1. The van der Waals surface area contributed by atoms with Gasteiger partial charge in [-0.25, -0.2) is 4.98 Å². The zero-order chi connectivity index (χ0) is 23.4. The maximum absolute atomic E-state index is 12.8. The molecule has 0 aliphatic rings. The van der Waals surface area contributed by atoms with Crippen LogP contribution in [0.1, 0.15) is 20.9 Å². The summed E-state index contributed by atoms with van der Waals surface area (Å²) < 4.78 is 5.14. The molecular formula is C24H16ClN3O3S2. The van der Waals surface area contributed by atoms with Crippen LogP contribution in [0.4, 0.5) is 5.00 Å². The van der Waals surface area contributed by atoms with Gasteiger partial charge >= 0.3 is 0 Å². The van der Waals surface area contributed by atoms with E-state index in [1.165, 1.54) is 35.8 Å². The molecule has 0 saturated heterocycles. The molecule has 0 fully saturated rings. The Morgan fingerprint density at radius 3 is 2.70 bits per heavy atom. The van der Waals surface area contributed by atoms with Crippen molar-refractivity contribution >= 4 is 56.8 Å². The summed E-state index contributed by atoms with van der Waals surface area (Å²) in [5, 5.41) is 26.0. The van der Waals surface area contributed by atoms with Crippen LogP contribution in [0.15, 0.2) is 60.0 Å². The van der Waals surface area contributed by atoms with Gasteiger partial charge in [0.05, 0.1) is 17.6 Å². The normalized spacial score (nSPS) is 11.1.